The fourth-order valence-corrected chi connectivity index (χ4v) is 3.37. The highest BCUT2D eigenvalue weighted by Crippen LogP contribution is 2.25. The third-order valence-corrected chi connectivity index (χ3v) is 4.36. The number of hydrogen-bond donors (Lipinski definition) is 0. The summed E-state index contributed by atoms with van der Waals surface area (Å²) in [5, 5.41) is 1.91. The summed E-state index contributed by atoms with van der Waals surface area (Å²) < 4.78 is 0. The number of thioether (sulfide) groups is 1. The quantitative estimate of drug-likeness (QED) is 0.492. The van der Waals surface area contributed by atoms with Crippen molar-refractivity contribution in [1.29, 1.82) is 0 Å². The molecule has 0 aliphatic carbocycles. The molecule has 2 amide bonds. The maximum Gasteiger partial charge on any atom is 0.229 e. The van der Waals surface area contributed by atoms with Gasteiger partial charge in [-0.05, 0) is 13.0 Å². The molecule has 0 radical (unpaired) electrons. The van der Waals surface area contributed by atoms with Crippen LogP contribution in [0.25, 0.3) is 10.9 Å². The number of rotatable bonds is 4. The van der Waals surface area contributed by atoms with E-state index in [1.807, 2.05) is 31.2 Å². The van der Waals surface area contributed by atoms with Gasteiger partial charge in [-0.15, -0.1) is 11.8 Å². The number of likely N-dealkylation sites (tertiary alicyclic amines) is 1. The van der Waals surface area contributed by atoms with Gasteiger partial charge in [-0.3, -0.25) is 14.5 Å². The summed E-state index contributed by atoms with van der Waals surface area (Å²) in [6.07, 6.45) is 0.693. The molecule has 0 bridgehead atoms. The fraction of sp³-hybridized carbons (Fsp3) is 0.333. The average molecular weight is 301 g/mol. The van der Waals surface area contributed by atoms with Gasteiger partial charge in [0.2, 0.25) is 11.8 Å². The molecule has 0 saturated carbocycles. The van der Waals surface area contributed by atoms with Crippen molar-refractivity contribution in [2.45, 2.75) is 24.8 Å². The van der Waals surface area contributed by atoms with E-state index in [1.165, 1.54) is 4.90 Å². The summed E-state index contributed by atoms with van der Waals surface area (Å²) in [7, 11) is 0. The summed E-state index contributed by atoms with van der Waals surface area (Å²) >= 11 is 1.56. The Morgan fingerprint density at radius 3 is 2.62 bits per heavy atom. The zero-order chi connectivity index (χ0) is 14.8. The van der Waals surface area contributed by atoms with Gasteiger partial charge < -0.3 is 0 Å². The molecule has 1 aliphatic heterocycles. The Morgan fingerprint density at radius 1 is 1.14 bits per heavy atom. The Kier molecular flexibility index (Phi) is 3.88. The number of aromatic nitrogens is 2. The highest BCUT2D eigenvalue weighted by Gasteiger charge is 2.28. The van der Waals surface area contributed by atoms with E-state index in [0.29, 0.717) is 25.1 Å². The monoisotopic (exact) mass is 301 g/mol. The molecule has 1 aromatic heterocycles. The predicted molar refractivity (Wildman–Crippen MR) is 81.0 cm³/mol. The van der Waals surface area contributed by atoms with Gasteiger partial charge in [0.1, 0.15) is 10.9 Å². The number of fused-ring (bicyclic) bond motifs is 1. The Balaban J connectivity index is 1.73. The number of benzene rings is 1. The summed E-state index contributed by atoms with van der Waals surface area (Å²) in [6, 6.07) is 7.86. The van der Waals surface area contributed by atoms with Crippen LogP contribution in [0.4, 0.5) is 0 Å². The van der Waals surface area contributed by atoms with Crippen molar-refractivity contribution in [3.05, 3.63) is 30.1 Å². The molecule has 1 saturated heterocycles. The zero-order valence-electron chi connectivity index (χ0n) is 11.7. The number of carbonyl (C=O) groups excluding carboxylic acids is 2. The van der Waals surface area contributed by atoms with Crippen LogP contribution in [0.5, 0.6) is 0 Å². The van der Waals surface area contributed by atoms with Gasteiger partial charge in [0.25, 0.3) is 0 Å². The van der Waals surface area contributed by atoms with Gasteiger partial charge >= 0.3 is 0 Å². The first-order valence-electron chi connectivity index (χ1n) is 6.84. The van der Waals surface area contributed by atoms with Crippen molar-refractivity contribution < 1.29 is 9.59 Å². The largest absolute Gasteiger partial charge is 0.282 e. The van der Waals surface area contributed by atoms with Crippen LogP contribution < -0.4 is 0 Å². The lowest BCUT2D eigenvalue weighted by molar-refractivity contribution is -0.137. The minimum Gasteiger partial charge on any atom is -0.282 e. The van der Waals surface area contributed by atoms with Gasteiger partial charge in [0.15, 0.2) is 0 Å². The lowest BCUT2D eigenvalue weighted by Crippen LogP contribution is -2.31. The molecule has 0 N–H and O–H groups in total. The highest BCUT2D eigenvalue weighted by atomic mass is 32.2. The minimum atomic E-state index is -0.0654. The molecule has 3 rings (SSSR count). The van der Waals surface area contributed by atoms with Crippen molar-refractivity contribution in [2.24, 2.45) is 0 Å². The number of hydrogen-bond acceptors (Lipinski definition) is 5. The van der Waals surface area contributed by atoms with E-state index in [0.717, 1.165) is 21.8 Å². The van der Waals surface area contributed by atoms with Crippen molar-refractivity contribution in [3.8, 4) is 0 Å². The van der Waals surface area contributed by atoms with Crippen LogP contribution in [0, 0.1) is 6.92 Å². The molecule has 0 spiro atoms. The lowest BCUT2D eigenvalue weighted by Gasteiger charge is -2.13. The summed E-state index contributed by atoms with van der Waals surface area (Å²) in [5.41, 5.74) is 0.917. The van der Waals surface area contributed by atoms with Crippen molar-refractivity contribution in [1.82, 2.24) is 14.9 Å². The van der Waals surface area contributed by atoms with Crippen LogP contribution in [0.1, 0.15) is 18.7 Å². The molecule has 1 aromatic carbocycles. The highest BCUT2D eigenvalue weighted by molar-refractivity contribution is 7.99. The maximum absolute atomic E-state index is 11.6. The molecule has 2 heterocycles. The van der Waals surface area contributed by atoms with E-state index >= 15 is 0 Å². The first-order valence-corrected chi connectivity index (χ1v) is 7.83. The van der Waals surface area contributed by atoms with Crippen LogP contribution >= 0.6 is 11.8 Å². The molecular formula is C15H15N3O2S. The molecule has 0 unspecified atom stereocenters. The molecule has 21 heavy (non-hydrogen) atoms. The molecule has 0 atom stereocenters. The van der Waals surface area contributed by atoms with Gasteiger partial charge in [-0.25, -0.2) is 9.97 Å². The molecule has 2 aromatic rings. The molecular weight excluding hydrogens is 286 g/mol. The maximum atomic E-state index is 11.6. The fourth-order valence-electron chi connectivity index (χ4n) is 2.37. The van der Waals surface area contributed by atoms with Gasteiger partial charge in [-0.1, -0.05) is 18.2 Å². The standard InChI is InChI=1S/C15H15N3O2S/c1-10-16-12-5-3-2-4-11(12)15(17-10)21-9-8-18-13(19)6-7-14(18)20/h2-5H,6-9H2,1H3. The van der Waals surface area contributed by atoms with E-state index < -0.39 is 0 Å². The Bertz CT molecular complexity index is 701. The summed E-state index contributed by atoms with van der Waals surface area (Å²) in [6.45, 7) is 2.31. The van der Waals surface area contributed by atoms with Gasteiger partial charge in [0.05, 0.1) is 5.52 Å². The predicted octanol–water partition coefficient (Wildman–Crippen LogP) is 2.18. The van der Waals surface area contributed by atoms with Crippen LogP contribution in [0.3, 0.4) is 0 Å². The lowest BCUT2D eigenvalue weighted by atomic mass is 10.2. The van der Waals surface area contributed by atoms with Crippen LogP contribution in [-0.2, 0) is 9.59 Å². The van der Waals surface area contributed by atoms with Crippen LogP contribution in [0.15, 0.2) is 29.3 Å². The zero-order valence-corrected chi connectivity index (χ0v) is 12.5. The van der Waals surface area contributed by atoms with Gasteiger partial charge in [0, 0.05) is 30.5 Å². The average Bonchev–Trinajstić information content (AvgIpc) is 2.78. The third-order valence-electron chi connectivity index (χ3n) is 3.39. The van der Waals surface area contributed by atoms with Gasteiger partial charge in [-0.2, -0.15) is 0 Å². The molecule has 6 heteroatoms. The molecule has 1 aliphatic rings. The number of amides is 2. The number of para-hydroxylation sites is 1. The first-order chi connectivity index (χ1) is 10.1. The number of imide groups is 1. The minimum absolute atomic E-state index is 0.0654. The molecule has 5 nitrogen and oxygen atoms in total. The van der Waals surface area contributed by atoms with E-state index in [2.05, 4.69) is 9.97 Å². The SMILES string of the molecule is Cc1nc(SCCN2C(=O)CCC2=O)c2ccccc2n1. The van der Waals surface area contributed by atoms with E-state index in [9.17, 15) is 9.59 Å². The Labute approximate surface area is 126 Å². The van der Waals surface area contributed by atoms with Crippen LogP contribution in [0.2, 0.25) is 0 Å². The number of carbonyl (C=O) groups is 2. The smallest absolute Gasteiger partial charge is 0.229 e. The third kappa shape index (κ3) is 2.90. The normalized spacial score (nSPS) is 15.2. The second kappa shape index (κ2) is 5.81. The van der Waals surface area contributed by atoms with Crippen molar-refractivity contribution in [3.63, 3.8) is 0 Å². The van der Waals surface area contributed by atoms with Crippen LogP contribution in [-0.4, -0.2) is 39.0 Å². The number of nitrogens with zero attached hydrogens (tertiary/aromatic N) is 3. The van der Waals surface area contributed by atoms with E-state index in [-0.39, 0.29) is 11.8 Å². The second-order valence-electron chi connectivity index (χ2n) is 4.88. The van der Waals surface area contributed by atoms with E-state index in [4.69, 9.17) is 0 Å². The summed E-state index contributed by atoms with van der Waals surface area (Å²) in [5.74, 6) is 1.25. The summed E-state index contributed by atoms with van der Waals surface area (Å²) in [4.78, 5) is 33.3. The molecule has 108 valence electrons. The van der Waals surface area contributed by atoms with Crippen molar-refractivity contribution >= 4 is 34.5 Å². The Morgan fingerprint density at radius 2 is 1.86 bits per heavy atom. The number of aryl methyl sites for hydroxylation is 1. The first kappa shape index (κ1) is 14.0. The second-order valence-corrected chi connectivity index (χ2v) is 5.96. The molecule has 1 fully saturated rings. The Hall–Kier alpha value is -1.95. The van der Waals surface area contributed by atoms with Crippen molar-refractivity contribution in [2.75, 3.05) is 12.3 Å². The topological polar surface area (TPSA) is 63.2 Å². The van der Waals surface area contributed by atoms with E-state index in [1.54, 1.807) is 11.8 Å².